The largest absolute Gasteiger partial charge is 0.323 e. The van der Waals surface area contributed by atoms with Gasteiger partial charge in [0, 0.05) is 6.54 Å². The Hall–Kier alpha value is -1.10. The molecule has 0 spiro atoms. The number of nitrogens with zero attached hydrogens (tertiary/aromatic N) is 1. The number of carbonyl (C=O) groups excluding carboxylic acids is 2. The van der Waals surface area contributed by atoms with Crippen LogP contribution in [0.3, 0.4) is 0 Å². The summed E-state index contributed by atoms with van der Waals surface area (Å²) < 4.78 is 0. The van der Waals surface area contributed by atoms with Crippen LogP contribution >= 0.6 is 0 Å². The first-order valence-electron chi connectivity index (χ1n) is 7.31. The molecule has 2 fully saturated rings. The fourth-order valence-electron chi connectivity index (χ4n) is 3.11. The fourth-order valence-corrected chi connectivity index (χ4v) is 3.11. The van der Waals surface area contributed by atoms with Gasteiger partial charge in [-0.1, -0.05) is 20.3 Å². The molecular weight excluding hydrogens is 242 g/mol. The van der Waals surface area contributed by atoms with Crippen LogP contribution in [0.5, 0.6) is 0 Å². The highest BCUT2D eigenvalue weighted by Crippen LogP contribution is 2.30. The first-order chi connectivity index (χ1) is 8.95. The summed E-state index contributed by atoms with van der Waals surface area (Å²) in [5.74, 6) is 0.798. The molecule has 5 heteroatoms. The Morgan fingerprint density at radius 2 is 2.00 bits per heavy atom. The van der Waals surface area contributed by atoms with Crippen LogP contribution in [0.1, 0.15) is 40.0 Å². The predicted octanol–water partition coefficient (Wildman–Crippen LogP) is 1.34. The van der Waals surface area contributed by atoms with Crippen molar-refractivity contribution in [3.05, 3.63) is 0 Å². The van der Waals surface area contributed by atoms with Gasteiger partial charge in [0.05, 0.1) is 0 Å². The minimum atomic E-state index is -0.709. The standard InChI is InChI=1S/C14H25N3O2/c1-4-10(2)9-17-7-5-11(6-8-17)14(3)12(18)15-13(19)16-14/h10-11H,4-9H2,1-3H3,(H2,15,16,18,19)/t10-,14+/m1/s1. The van der Waals surface area contributed by atoms with Gasteiger partial charge in [-0.05, 0) is 44.7 Å². The third-order valence-corrected chi connectivity index (χ3v) is 4.74. The highest BCUT2D eigenvalue weighted by molar-refractivity contribution is 6.06. The molecule has 3 amide bonds. The van der Waals surface area contributed by atoms with Gasteiger partial charge in [0.15, 0.2) is 0 Å². The molecule has 2 saturated heterocycles. The van der Waals surface area contributed by atoms with Crippen molar-refractivity contribution in [3.8, 4) is 0 Å². The van der Waals surface area contributed by atoms with Crippen LogP contribution in [-0.4, -0.2) is 42.0 Å². The lowest BCUT2D eigenvalue weighted by Crippen LogP contribution is -2.54. The van der Waals surface area contributed by atoms with Crippen molar-refractivity contribution < 1.29 is 9.59 Å². The molecule has 5 nitrogen and oxygen atoms in total. The Morgan fingerprint density at radius 1 is 1.37 bits per heavy atom. The van der Waals surface area contributed by atoms with Crippen LogP contribution in [0, 0.1) is 11.8 Å². The molecule has 108 valence electrons. The smallest absolute Gasteiger partial charge is 0.322 e. The second kappa shape index (κ2) is 5.49. The Morgan fingerprint density at radius 3 is 2.47 bits per heavy atom. The number of urea groups is 1. The molecule has 2 N–H and O–H groups in total. The number of hydrogen-bond donors (Lipinski definition) is 2. The van der Waals surface area contributed by atoms with Crippen molar-refractivity contribution in [1.29, 1.82) is 0 Å². The van der Waals surface area contributed by atoms with E-state index >= 15 is 0 Å². The molecule has 0 aromatic heterocycles. The number of hydrogen-bond acceptors (Lipinski definition) is 3. The topological polar surface area (TPSA) is 61.4 Å². The lowest BCUT2D eigenvalue weighted by Gasteiger charge is -2.39. The van der Waals surface area contributed by atoms with Gasteiger partial charge >= 0.3 is 6.03 Å². The zero-order chi connectivity index (χ0) is 14.0. The van der Waals surface area contributed by atoms with Crippen molar-refractivity contribution >= 4 is 11.9 Å². The molecule has 0 aromatic carbocycles. The Kier molecular flexibility index (Phi) is 4.13. The molecule has 2 atom stereocenters. The van der Waals surface area contributed by atoms with Crippen LogP contribution in [0.2, 0.25) is 0 Å². The van der Waals surface area contributed by atoms with Gasteiger partial charge in [0.25, 0.3) is 5.91 Å². The highest BCUT2D eigenvalue weighted by atomic mass is 16.2. The van der Waals surface area contributed by atoms with Crippen LogP contribution in [-0.2, 0) is 4.79 Å². The molecule has 0 unspecified atom stereocenters. The Labute approximate surface area is 115 Å². The molecular formula is C14H25N3O2. The van der Waals surface area contributed by atoms with Gasteiger partial charge in [-0.2, -0.15) is 0 Å². The maximum Gasteiger partial charge on any atom is 0.322 e. The van der Waals surface area contributed by atoms with E-state index in [1.54, 1.807) is 0 Å². The molecule has 0 bridgehead atoms. The van der Waals surface area contributed by atoms with Crippen molar-refractivity contribution in [2.45, 2.75) is 45.6 Å². The fraction of sp³-hybridized carbons (Fsp3) is 0.857. The SMILES string of the molecule is CC[C@@H](C)CN1CCC([C@]2(C)NC(=O)NC2=O)CC1. The highest BCUT2D eigenvalue weighted by Gasteiger charge is 2.48. The van der Waals surface area contributed by atoms with Crippen LogP contribution in [0.4, 0.5) is 4.79 Å². The van der Waals surface area contributed by atoms with Crippen molar-refractivity contribution in [2.75, 3.05) is 19.6 Å². The maximum atomic E-state index is 11.9. The second-order valence-corrected chi connectivity index (χ2v) is 6.20. The average molecular weight is 267 g/mol. The minimum absolute atomic E-state index is 0.169. The van der Waals surface area contributed by atoms with Gasteiger partial charge in [0.1, 0.15) is 5.54 Å². The lowest BCUT2D eigenvalue weighted by molar-refractivity contribution is -0.125. The Bertz CT molecular complexity index is 364. The Balaban J connectivity index is 1.89. The van der Waals surface area contributed by atoms with Gasteiger partial charge in [0.2, 0.25) is 0 Å². The molecule has 2 rings (SSSR count). The van der Waals surface area contributed by atoms with E-state index in [9.17, 15) is 9.59 Å². The van der Waals surface area contributed by atoms with E-state index in [1.165, 1.54) is 6.42 Å². The molecule has 0 saturated carbocycles. The molecule has 2 aliphatic rings. The third-order valence-electron chi connectivity index (χ3n) is 4.74. The zero-order valence-electron chi connectivity index (χ0n) is 12.2. The number of carbonyl (C=O) groups is 2. The molecule has 0 aromatic rings. The monoisotopic (exact) mass is 267 g/mol. The zero-order valence-corrected chi connectivity index (χ0v) is 12.2. The summed E-state index contributed by atoms with van der Waals surface area (Å²) in [7, 11) is 0. The summed E-state index contributed by atoms with van der Waals surface area (Å²) >= 11 is 0. The van der Waals surface area contributed by atoms with E-state index in [-0.39, 0.29) is 17.9 Å². The predicted molar refractivity (Wildman–Crippen MR) is 73.7 cm³/mol. The van der Waals surface area contributed by atoms with E-state index in [1.807, 2.05) is 6.92 Å². The first kappa shape index (κ1) is 14.3. The molecule has 0 aliphatic carbocycles. The van der Waals surface area contributed by atoms with Crippen molar-refractivity contribution in [3.63, 3.8) is 0 Å². The summed E-state index contributed by atoms with van der Waals surface area (Å²) in [6.45, 7) is 9.52. The van der Waals surface area contributed by atoms with Gasteiger partial charge in [-0.3, -0.25) is 10.1 Å². The van der Waals surface area contributed by atoms with E-state index in [0.717, 1.165) is 38.4 Å². The number of piperidine rings is 1. The molecule has 2 heterocycles. The van der Waals surface area contributed by atoms with E-state index < -0.39 is 5.54 Å². The summed E-state index contributed by atoms with van der Waals surface area (Å²) in [4.78, 5) is 25.7. The normalized spacial score (nSPS) is 31.1. The lowest BCUT2D eigenvalue weighted by atomic mass is 9.79. The summed E-state index contributed by atoms with van der Waals surface area (Å²) in [6, 6.07) is -0.352. The van der Waals surface area contributed by atoms with Crippen LogP contribution < -0.4 is 10.6 Å². The molecule has 0 radical (unpaired) electrons. The van der Waals surface area contributed by atoms with Crippen molar-refractivity contribution in [1.82, 2.24) is 15.5 Å². The molecule has 2 aliphatic heterocycles. The van der Waals surface area contributed by atoms with Gasteiger partial charge in [-0.15, -0.1) is 0 Å². The first-order valence-corrected chi connectivity index (χ1v) is 7.31. The average Bonchev–Trinajstić information content (AvgIpc) is 2.64. The number of amides is 3. The number of likely N-dealkylation sites (tertiary alicyclic amines) is 1. The summed E-state index contributed by atoms with van der Waals surface area (Å²) in [5, 5.41) is 5.15. The van der Waals surface area contributed by atoms with Gasteiger partial charge < -0.3 is 10.2 Å². The van der Waals surface area contributed by atoms with E-state index in [4.69, 9.17) is 0 Å². The number of imide groups is 1. The van der Waals surface area contributed by atoms with Crippen molar-refractivity contribution in [2.24, 2.45) is 11.8 Å². The number of rotatable bonds is 4. The summed E-state index contributed by atoms with van der Waals surface area (Å²) in [6.07, 6.45) is 3.15. The third kappa shape index (κ3) is 2.91. The van der Waals surface area contributed by atoms with Gasteiger partial charge in [-0.25, -0.2) is 4.79 Å². The van der Waals surface area contributed by atoms with E-state index in [0.29, 0.717) is 0 Å². The van der Waals surface area contributed by atoms with Crippen LogP contribution in [0.25, 0.3) is 0 Å². The maximum absolute atomic E-state index is 11.9. The minimum Gasteiger partial charge on any atom is -0.323 e. The second-order valence-electron chi connectivity index (χ2n) is 6.20. The summed E-state index contributed by atoms with van der Waals surface area (Å²) in [5.41, 5.74) is -0.709. The van der Waals surface area contributed by atoms with Crippen LogP contribution in [0.15, 0.2) is 0 Å². The quantitative estimate of drug-likeness (QED) is 0.756. The van der Waals surface area contributed by atoms with E-state index in [2.05, 4.69) is 29.4 Å². The molecule has 19 heavy (non-hydrogen) atoms. The number of nitrogens with one attached hydrogen (secondary N) is 2.